The summed E-state index contributed by atoms with van der Waals surface area (Å²) in [5.74, 6) is -0.186. The molecule has 0 aromatic rings. The molecule has 1 amide bonds. The summed E-state index contributed by atoms with van der Waals surface area (Å²) < 4.78 is 0. The monoisotopic (exact) mass is 429 g/mol. The smallest absolute Gasteiger partial charge is 0.220 e. The molecule has 0 heterocycles. The highest BCUT2D eigenvalue weighted by atomic mass is 16.3. The Morgan fingerprint density at radius 2 is 1.68 bits per heavy atom. The molecule has 0 radical (unpaired) electrons. The fourth-order valence-corrected chi connectivity index (χ4v) is 2.96. The number of carbonyl (C=O) groups excluding carboxylic acids is 2. The van der Waals surface area contributed by atoms with Crippen LogP contribution in [0.15, 0.2) is 60.8 Å². The lowest BCUT2D eigenvalue weighted by atomic mass is 9.93. The lowest BCUT2D eigenvalue weighted by molar-refractivity contribution is -0.127. The SMILES string of the molecule is CC/C=C\C[C@H](O)/C=C/C=C\C=C\C=C\CC[C@@H](O)C(=O)CCCC(=O)NC1CCC1. The first-order valence-corrected chi connectivity index (χ1v) is 11.5. The van der Waals surface area contributed by atoms with Crippen LogP contribution >= 0.6 is 0 Å². The van der Waals surface area contributed by atoms with Gasteiger partial charge in [-0.05, 0) is 51.4 Å². The van der Waals surface area contributed by atoms with Crippen LogP contribution in [0, 0.1) is 0 Å². The van der Waals surface area contributed by atoms with Crippen molar-refractivity contribution in [2.45, 2.75) is 89.4 Å². The molecule has 2 atom stereocenters. The maximum absolute atomic E-state index is 11.9. The number of carbonyl (C=O) groups is 2. The molecular formula is C26H39NO4. The number of amides is 1. The maximum atomic E-state index is 11.9. The first-order valence-electron chi connectivity index (χ1n) is 11.5. The van der Waals surface area contributed by atoms with Crippen LogP contribution in [0.5, 0.6) is 0 Å². The predicted octanol–water partition coefficient (Wildman–Crippen LogP) is 4.48. The van der Waals surface area contributed by atoms with E-state index in [-0.39, 0.29) is 18.1 Å². The molecule has 31 heavy (non-hydrogen) atoms. The molecule has 1 aliphatic rings. The highest BCUT2D eigenvalue weighted by Gasteiger charge is 2.19. The van der Waals surface area contributed by atoms with Gasteiger partial charge in [0.25, 0.3) is 0 Å². The summed E-state index contributed by atoms with van der Waals surface area (Å²) in [6, 6.07) is 0.326. The Labute approximate surface area is 187 Å². The number of aliphatic hydroxyl groups excluding tert-OH is 2. The van der Waals surface area contributed by atoms with Gasteiger partial charge in [-0.1, -0.05) is 67.7 Å². The maximum Gasteiger partial charge on any atom is 0.220 e. The molecule has 0 bridgehead atoms. The van der Waals surface area contributed by atoms with Crippen molar-refractivity contribution >= 4 is 11.7 Å². The van der Waals surface area contributed by atoms with E-state index in [1.54, 1.807) is 6.08 Å². The van der Waals surface area contributed by atoms with Gasteiger partial charge in [0.1, 0.15) is 6.10 Å². The van der Waals surface area contributed by atoms with E-state index >= 15 is 0 Å². The van der Waals surface area contributed by atoms with Crippen molar-refractivity contribution < 1.29 is 19.8 Å². The van der Waals surface area contributed by atoms with Crippen molar-refractivity contribution in [1.29, 1.82) is 0 Å². The van der Waals surface area contributed by atoms with Crippen LogP contribution < -0.4 is 5.32 Å². The molecule has 0 spiro atoms. The standard InChI is InChI=1S/C26H39NO4/c1-2-3-10-17-23(28)18-11-8-6-4-5-7-9-12-19-24(29)25(30)20-14-21-26(31)27-22-15-13-16-22/h3-11,18,22-24,28-29H,2,12-17,19-21H2,1H3,(H,27,31)/b5-4+,8-6-,9-7+,10-3-,18-11+/t23-,24+/m0/s1. The van der Waals surface area contributed by atoms with Crippen LogP contribution in [0.25, 0.3) is 0 Å². The molecule has 1 rings (SSSR count). The average Bonchev–Trinajstić information content (AvgIpc) is 2.72. The Balaban J connectivity index is 2.08. The van der Waals surface area contributed by atoms with Crippen molar-refractivity contribution in [2.24, 2.45) is 0 Å². The van der Waals surface area contributed by atoms with Crippen LogP contribution in [0.4, 0.5) is 0 Å². The van der Waals surface area contributed by atoms with Crippen LogP contribution in [0.3, 0.4) is 0 Å². The Hall–Kier alpha value is -2.24. The van der Waals surface area contributed by atoms with E-state index in [0.717, 1.165) is 19.3 Å². The number of hydrogen-bond donors (Lipinski definition) is 3. The summed E-state index contributed by atoms with van der Waals surface area (Å²) in [7, 11) is 0. The first kappa shape index (κ1) is 26.8. The lowest BCUT2D eigenvalue weighted by Crippen LogP contribution is -2.39. The number of ketones is 1. The van der Waals surface area contributed by atoms with Crippen LogP contribution in [-0.4, -0.2) is 40.2 Å². The van der Waals surface area contributed by atoms with Gasteiger partial charge in [-0.25, -0.2) is 0 Å². The zero-order valence-electron chi connectivity index (χ0n) is 18.8. The number of allylic oxidation sites excluding steroid dienone is 8. The molecule has 3 N–H and O–H groups in total. The molecule has 1 fully saturated rings. The Morgan fingerprint density at radius 3 is 2.35 bits per heavy atom. The van der Waals surface area contributed by atoms with Crippen LogP contribution in [0.2, 0.25) is 0 Å². The van der Waals surface area contributed by atoms with Gasteiger partial charge in [0.2, 0.25) is 5.91 Å². The molecule has 0 unspecified atom stereocenters. The molecule has 5 heteroatoms. The Bertz CT molecular complexity index is 656. The van der Waals surface area contributed by atoms with E-state index in [0.29, 0.717) is 38.1 Å². The number of aliphatic hydroxyl groups is 2. The minimum atomic E-state index is -0.966. The fourth-order valence-electron chi connectivity index (χ4n) is 2.96. The summed E-state index contributed by atoms with van der Waals surface area (Å²) in [5, 5.41) is 22.6. The van der Waals surface area contributed by atoms with E-state index in [1.165, 1.54) is 6.42 Å². The van der Waals surface area contributed by atoms with Gasteiger partial charge >= 0.3 is 0 Å². The summed E-state index contributed by atoms with van der Waals surface area (Å²) in [6.45, 7) is 2.06. The second kappa shape index (κ2) is 17.4. The van der Waals surface area contributed by atoms with Crippen molar-refractivity contribution in [3.05, 3.63) is 60.8 Å². The average molecular weight is 430 g/mol. The highest BCUT2D eigenvalue weighted by molar-refractivity contribution is 5.83. The third kappa shape index (κ3) is 14.4. The van der Waals surface area contributed by atoms with Crippen molar-refractivity contribution in [1.82, 2.24) is 5.32 Å². The minimum absolute atomic E-state index is 0.00607. The quantitative estimate of drug-likeness (QED) is 0.249. The molecule has 1 aliphatic carbocycles. The number of hydrogen-bond acceptors (Lipinski definition) is 4. The number of Topliss-reactive ketones (excluding diaryl/α,β-unsaturated/α-hetero) is 1. The van der Waals surface area contributed by atoms with Gasteiger partial charge in [0, 0.05) is 18.9 Å². The third-order valence-corrected chi connectivity index (χ3v) is 5.08. The molecule has 0 aromatic carbocycles. The zero-order chi connectivity index (χ0) is 22.7. The van der Waals surface area contributed by atoms with Gasteiger partial charge in [-0.3, -0.25) is 9.59 Å². The highest BCUT2D eigenvalue weighted by Crippen LogP contribution is 2.18. The van der Waals surface area contributed by atoms with Crippen molar-refractivity contribution in [2.75, 3.05) is 0 Å². The zero-order valence-corrected chi connectivity index (χ0v) is 18.8. The molecule has 0 saturated heterocycles. The second-order valence-corrected chi connectivity index (χ2v) is 7.87. The van der Waals surface area contributed by atoms with Gasteiger partial charge in [-0.2, -0.15) is 0 Å². The summed E-state index contributed by atoms with van der Waals surface area (Å²) >= 11 is 0. The van der Waals surface area contributed by atoms with Gasteiger partial charge in [0.05, 0.1) is 6.10 Å². The molecule has 0 aliphatic heterocycles. The summed E-state index contributed by atoms with van der Waals surface area (Å²) in [6.07, 6.45) is 24.4. The normalized spacial score (nSPS) is 17.3. The molecule has 1 saturated carbocycles. The van der Waals surface area contributed by atoms with E-state index in [9.17, 15) is 19.8 Å². The minimum Gasteiger partial charge on any atom is -0.389 e. The number of nitrogens with one attached hydrogen (secondary N) is 1. The Kier molecular flexibility index (Phi) is 15.1. The molecular weight excluding hydrogens is 390 g/mol. The van der Waals surface area contributed by atoms with Crippen molar-refractivity contribution in [3.8, 4) is 0 Å². The van der Waals surface area contributed by atoms with Gasteiger partial charge in [-0.15, -0.1) is 0 Å². The summed E-state index contributed by atoms with van der Waals surface area (Å²) in [5.41, 5.74) is 0. The van der Waals surface area contributed by atoms with E-state index < -0.39 is 12.2 Å². The lowest BCUT2D eigenvalue weighted by Gasteiger charge is -2.26. The Morgan fingerprint density at radius 1 is 0.968 bits per heavy atom. The van der Waals surface area contributed by atoms with Gasteiger partial charge < -0.3 is 15.5 Å². The summed E-state index contributed by atoms with van der Waals surface area (Å²) in [4.78, 5) is 23.7. The topological polar surface area (TPSA) is 86.6 Å². The van der Waals surface area contributed by atoms with Crippen LogP contribution in [0.1, 0.15) is 71.1 Å². The number of rotatable bonds is 16. The van der Waals surface area contributed by atoms with E-state index in [2.05, 4.69) is 12.2 Å². The first-order chi connectivity index (χ1) is 15.0. The second-order valence-electron chi connectivity index (χ2n) is 7.87. The fraction of sp³-hybridized carbons (Fsp3) is 0.538. The molecule has 172 valence electrons. The van der Waals surface area contributed by atoms with Crippen molar-refractivity contribution in [3.63, 3.8) is 0 Å². The third-order valence-electron chi connectivity index (χ3n) is 5.08. The van der Waals surface area contributed by atoms with Gasteiger partial charge in [0.15, 0.2) is 5.78 Å². The molecule has 0 aromatic heterocycles. The largest absolute Gasteiger partial charge is 0.389 e. The predicted molar refractivity (Wildman–Crippen MR) is 126 cm³/mol. The van der Waals surface area contributed by atoms with E-state index in [1.807, 2.05) is 54.7 Å². The molecule has 5 nitrogen and oxygen atoms in total. The van der Waals surface area contributed by atoms with Crippen LogP contribution in [-0.2, 0) is 9.59 Å². The van der Waals surface area contributed by atoms with E-state index in [4.69, 9.17) is 0 Å².